The molecule has 1 aliphatic heterocycles. The van der Waals surface area contributed by atoms with E-state index >= 15 is 0 Å². The third-order valence-electron chi connectivity index (χ3n) is 4.79. The van der Waals surface area contributed by atoms with Crippen molar-refractivity contribution in [2.24, 2.45) is 5.92 Å². The molecule has 7 heteroatoms. The van der Waals surface area contributed by atoms with Crippen LogP contribution in [-0.2, 0) is 4.79 Å². The normalized spacial score (nSPS) is 22.8. The molecule has 0 spiro atoms. The van der Waals surface area contributed by atoms with Gasteiger partial charge in [-0.3, -0.25) is 14.7 Å². The van der Waals surface area contributed by atoms with E-state index in [9.17, 15) is 9.59 Å². The van der Waals surface area contributed by atoms with Crippen LogP contribution in [0.1, 0.15) is 47.3 Å². The van der Waals surface area contributed by atoms with Gasteiger partial charge in [-0.1, -0.05) is 18.2 Å². The highest BCUT2D eigenvalue weighted by Gasteiger charge is 2.43. The highest BCUT2D eigenvalue weighted by molar-refractivity contribution is 5.94. The summed E-state index contributed by atoms with van der Waals surface area (Å²) in [7, 11) is 0. The first-order valence-corrected chi connectivity index (χ1v) is 8.67. The number of aromatic nitrogens is 3. The Morgan fingerprint density at radius 2 is 2.00 bits per heavy atom. The van der Waals surface area contributed by atoms with Crippen LogP contribution < -0.4 is 5.32 Å². The Morgan fingerprint density at radius 1 is 1.24 bits per heavy atom. The Morgan fingerprint density at radius 3 is 2.64 bits per heavy atom. The SMILES string of the molecule is Cc1nc([C@@H]2C[C@H](NC(=O)c3ccccc3)CN2C(=O)C2CC2)n[nH]1. The van der Waals surface area contributed by atoms with Gasteiger partial charge in [0, 0.05) is 24.1 Å². The number of aryl methyl sites for hydroxylation is 1. The highest BCUT2D eigenvalue weighted by atomic mass is 16.2. The van der Waals surface area contributed by atoms with Crippen molar-refractivity contribution < 1.29 is 9.59 Å². The van der Waals surface area contributed by atoms with Gasteiger partial charge in [0.05, 0.1) is 6.04 Å². The van der Waals surface area contributed by atoms with E-state index in [1.165, 1.54) is 0 Å². The minimum Gasteiger partial charge on any atom is -0.347 e. The third-order valence-corrected chi connectivity index (χ3v) is 4.79. The number of aromatic amines is 1. The first-order valence-electron chi connectivity index (χ1n) is 8.67. The minimum atomic E-state index is -0.181. The number of hydrogen-bond acceptors (Lipinski definition) is 4. The maximum atomic E-state index is 12.6. The molecule has 2 N–H and O–H groups in total. The molecule has 2 aromatic rings. The largest absolute Gasteiger partial charge is 0.347 e. The van der Waals surface area contributed by atoms with Gasteiger partial charge in [0.1, 0.15) is 5.82 Å². The molecule has 1 aromatic carbocycles. The van der Waals surface area contributed by atoms with Gasteiger partial charge >= 0.3 is 0 Å². The molecule has 4 rings (SSSR count). The van der Waals surface area contributed by atoms with E-state index in [0.717, 1.165) is 18.7 Å². The Balaban J connectivity index is 1.51. The first-order chi connectivity index (χ1) is 12.1. The number of nitrogens with zero attached hydrogens (tertiary/aromatic N) is 3. The fraction of sp³-hybridized carbons (Fsp3) is 0.444. The predicted octanol–water partition coefficient (Wildman–Crippen LogP) is 1.60. The number of benzene rings is 1. The number of nitrogens with one attached hydrogen (secondary N) is 2. The Hall–Kier alpha value is -2.70. The van der Waals surface area contributed by atoms with Crippen LogP contribution in [0.15, 0.2) is 30.3 Å². The summed E-state index contributed by atoms with van der Waals surface area (Å²) in [5, 5.41) is 10.1. The lowest BCUT2D eigenvalue weighted by molar-refractivity contribution is -0.133. The average Bonchev–Trinajstić information content (AvgIpc) is 3.26. The predicted molar refractivity (Wildman–Crippen MR) is 90.6 cm³/mol. The number of rotatable bonds is 4. The molecule has 130 valence electrons. The van der Waals surface area contributed by atoms with Crippen molar-refractivity contribution in [1.29, 1.82) is 0 Å². The lowest BCUT2D eigenvalue weighted by Crippen LogP contribution is -2.39. The maximum Gasteiger partial charge on any atom is 0.251 e. The van der Waals surface area contributed by atoms with Crippen LogP contribution in [0.5, 0.6) is 0 Å². The van der Waals surface area contributed by atoms with Crippen LogP contribution in [0.2, 0.25) is 0 Å². The number of hydrogen-bond donors (Lipinski definition) is 2. The maximum absolute atomic E-state index is 12.6. The van der Waals surface area contributed by atoms with E-state index < -0.39 is 0 Å². The highest BCUT2D eigenvalue weighted by Crippen LogP contribution is 2.38. The number of carbonyl (C=O) groups is 2. The Kier molecular flexibility index (Phi) is 3.99. The number of H-pyrrole nitrogens is 1. The van der Waals surface area contributed by atoms with Gasteiger partial charge in [0.15, 0.2) is 5.82 Å². The summed E-state index contributed by atoms with van der Waals surface area (Å²) in [6, 6.07) is 8.85. The zero-order valence-electron chi connectivity index (χ0n) is 14.1. The fourth-order valence-electron chi connectivity index (χ4n) is 3.36. The zero-order chi connectivity index (χ0) is 17.4. The van der Waals surface area contributed by atoms with Crippen LogP contribution in [0.25, 0.3) is 0 Å². The van der Waals surface area contributed by atoms with Gasteiger partial charge in [-0.2, -0.15) is 5.10 Å². The molecule has 1 saturated carbocycles. The van der Waals surface area contributed by atoms with Crippen molar-refractivity contribution in [1.82, 2.24) is 25.4 Å². The monoisotopic (exact) mass is 339 g/mol. The lowest BCUT2D eigenvalue weighted by Gasteiger charge is -2.22. The second kappa shape index (κ2) is 6.31. The van der Waals surface area contributed by atoms with Gasteiger partial charge in [-0.25, -0.2) is 4.98 Å². The Labute approximate surface area is 145 Å². The summed E-state index contributed by atoms with van der Waals surface area (Å²) >= 11 is 0. The van der Waals surface area contributed by atoms with E-state index in [0.29, 0.717) is 24.4 Å². The molecule has 1 saturated heterocycles. The average molecular weight is 339 g/mol. The van der Waals surface area contributed by atoms with Crippen molar-refractivity contribution in [2.75, 3.05) is 6.54 Å². The van der Waals surface area contributed by atoms with Gasteiger partial charge in [-0.05, 0) is 38.3 Å². The van der Waals surface area contributed by atoms with Crippen LogP contribution in [-0.4, -0.2) is 44.5 Å². The van der Waals surface area contributed by atoms with E-state index in [4.69, 9.17) is 0 Å². The van der Waals surface area contributed by atoms with Crippen molar-refractivity contribution >= 4 is 11.8 Å². The summed E-state index contributed by atoms with van der Waals surface area (Å²) in [4.78, 5) is 31.3. The van der Waals surface area contributed by atoms with E-state index in [-0.39, 0.29) is 29.8 Å². The standard InChI is InChI=1S/C18H21N5O2/c1-11-19-16(22-21-11)15-9-14(10-23(15)18(25)13-7-8-13)20-17(24)12-5-3-2-4-6-12/h2-6,13-15H,7-10H2,1H3,(H,20,24)(H,19,21,22)/t14-,15-/m0/s1. The molecule has 7 nitrogen and oxygen atoms in total. The molecule has 25 heavy (non-hydrogen) atoms. The molecule has 2 heterocycles. The minimum absolute atomic E-state index is 0.0980. The molecule has 2 atom stereocenters. The van der Waals surface area contributed by atoms with Gasteiger partial charge in [0.25, 0.3) is 5.91 Å². The second-order valence-electron chi connectivity index (χ2n) is 6.83. The molecule has 0 unspecified atom stereocenters. The van der Waals surface area contributed by atoms with Crippen molar-refractivity contribution in [3.8, 4) is 0 Å². The van der Waals surface area contributed by atoms with Crippen LogP contribution in [0, 0.1) is 12.8 Å². The number of amides is 2. The molecule has 2 amide bonds. The first kappa shape index (κ1) is 15.8. The molecular weight excluding hydrogens is 318 g/mol. The van der Waals surface area contributed by atoms with Crippen LogP contribution in [0.3, 0.4) is 0 Å². The van der Waals surface area contributed by atoms with E-state index in [2.05, 4.69) is 20.5 Å². The smallest absolute Gasteiger partial charge is 0.251 e. The second-order valence-corrected chi connectivity index (χ2v) is 6.83. The molecule has 0 radical (unpaired) electrons. The molecular formula is C18H21N5O2. The molecule has 2 aliphatic rings. The quantitative estimate of drug-likeness (QED) is 0.885. The summed E-state index contributed by atoms with van der Waals surface area (Å²) in [6.45, 7) is 2.35. The van der Waals surface area contributed by atoms with Gasteiger partial charge in [-0.15, -0.1) is 0 Å². The number of likely N-dealkylation sites (tertiary alicyclic amines) is 1. The van der Waals surface area contributed by atoms with Crippen LogP contribution >= 0.6 is 0 Å². The lowest BCUT2D eigenvalue weighted by atomic mass is 10.1. The Bertz CT molecular complexity index is 784. The van der Waals surface area contributed by atoms with Gasteiger partial charge in [0.2, 0.25) is 5.91 Å². The molecule has 2 fully saturated rings. The fourth-order valence-corrected chi connectivity index (χ4v) is 3.36. The van der Waals surface area contributed by atoms with Crippen molar-refractivity contribution in [3.63, 3.8) is 0 Å². The topological polar surface area (TPSA) is 91.0 Å². The molecule has 1 aliphatic carbocycles. The van der Waals surface area contributed by atoms with Crippen molar-refractivity contribution in [3.05, 3.63) is 47.5 Å². The molecule has 1 aromatic heterocycles. The van der Waals surface area contributed by atoms with E-state index in [1.54, 1.807) is 12.1 Å². The summed E-state index contributed by atoms with van der Waals surface area (Å²) < 4.78 is 0. The summed E-state index contributed by atoms with van der Waals surface area (Å²) in [5.41, 5.74) is 0.625. The summed E-state index contributed by atoms with van der Waals surface area (Å²) in [5.74, 6) is 1.53. The molecule has 0 bridgehead atoms. The van der Waals surface area contributed by atoms with Crippen LogP contribution in [0.4, 0.5) is 0 Å². The number of carbonyl (C=O) groups excluding carboxylic acids is 2. The van der Waals surface area contributed by atoms with Gasteiger partial charge < -0.3 is 10.2 Å². The summed E-state index contributed by atoms with van der Waals surface area (Å²) in [6.07, 6.45) is 2.54. The third kappa shape index (κ3) is 3.26. The zero-order valence-corrected chi connectivity index (χ0v) is 14.1. The van der Waals surface area contributed by atoms with E-state index in [1.807, 2.05) is 30.0 Å². The van der Waals surface area contributed by atoms with Crippen molar-refractivity contribution in [2.45, 2.75) is 38.3 Å².